The molecule has 20 nitrogen and oxygen atoms in total. The summed E-state index contributed by atoms with van der Waals surface area (Å²) in [5.74, 6) is -3.18. The van der Waals surface area contributed by atoms with Crippen LogP contribution in [-0.2, 0) is 57.4 Å². The number of esters is 3. The number of nitrogens with zero attached hydrogens (tertiary/aromatic N) is 8. The standard InChI is InChI=1S/C13H22N4O5.C12H20N4O4.C4H6O3/c1-10(18)15-5-14(9-22-13(4)21)6-16(11(2)19)8-17(7-15)12(3)20;1-9(17)13-5-14(10(2)18)7-16(12(4)20)8-15(6-13)11(3)19;1-3(5)7-4(2)6/h5-9H2,1-4H3;5-8H2,1-4H3;1-2H3. The zero-order valence-corrected chi connectivity index (χ0v) is 29.8. The molecule has 0 aromatic heterocycles. The SMILES string of the molecule is CC(=O)N1CN(C(C)=O)CN(C(C)=O)CN(C(C)=O)C1.CC(=O)OC(C)=O.CC(=O)OCN1CN(C(C)=O)CN(C(C)=O)CN(C(C)=O)C1. The van der Waals surface area contributed by atoms with Crippen molar-refractivity contribution >= 4 is 59.3 Å². The van der Waals surface area contributed by atoms with Gasteiger partial charge in [0.05, 0.1) is 53.3 Å². The molecule has 0 aliphatic carbocycles. The average molecular weight is 701 g/mol. The van der Waals surface area contributed by atoms with Gasteiger partial charge in [-0.25, -0.2) is 4.90 Å². The van der Waals surface area contributed by atoms with Gasteiger partial charge in [-0.15, -0.1) is 0 Å². The Morgan fingerprint density at radius 1 is 0.347 bits per heavy atom. The molecule has 2 saturated heterocycles. The summed E-state index contributed by atoms with van der Waals surface area (Å²) in [4.78, 5) is 123. The summed E-state index contributed by atoms with van der Waals surface area (Å²) in [6.45, 7) is 14.0. The van der Waals surface area contributed by atoms with E-state index in [1.165, 1.54) is 104 Å². The van der Waals surface area contributed by atoms with Gasteiger partial charge in [-0.05, 0) is 0 Å². The van der Waals surface area contributed by atoms with Gasteiger partial charge in [-0.2, -0.15) is 0 Å². The summed E-state index contributed by atoms with van der Waals surface area (Å²) in [5, 5.41) is 0. The lowest BCUT2D eigenvalue weighted by Crippen LogP contribution is -2.58. The highest BCUT2D eigenvalue weighted by atomic mass is 16.6. The molecule has 0 unspecified atom stereocenters. The Labute approximate surface area is 285 Å². The van der Waals surface area contributed by atoms with Gasteiger partial charge in [0.15, 0.2) is 0 Å². The van der Waals surface area contributed by atoms with Gasteiger partial charge in [-0.3, -0.25) is 47.9 Å². The Morgan fingerprint density at radius 3 is 0.694 bits per heavy atom. The molecule has 2 fully saturated rings. The van der Waals surface area contributed by atoms with Crippen LogP contribution in [0.5, 0.6) is 0 Å². The van der Waals surface area contributed by atoms with Crippen molar-refractivity contribution in [3.63, 3.8) is 0 Å². The second-order valence-electron chi connectivity index (χ2n) is 11.1. The minimum Gasteiger partial charge on any atom is -0.450 e. The Balaban J connectivity index is 0.000000791. The first kappa shape index (κ1) is 43.9. The van der Waals surface area contributed by atoms with Crippen LogP contribution in [0.15, 0.2) is 0 Å². The number of rotatable bonds is 2. The van der Waals surface area contributed by atoms with Crippen molar-refractivity contribution in [2.75, 3.05) is 60.1 Å². The predicted molar refractivity (Wildman–Crippen MR) is 167 cm³/mol. The number of amides is 7. The Morgan fingerprint density at radius 2 is 0.551 bits per heavy atom. The number of ether oxygens (including phenoxy) is 2. The smallest absolute Gasteiger partial charge is 0.310 e. The highest BCUT2D eigenvalue weighted by Gasteiger charge is 2.29. The van der Waals surface area contributed by atoms with E-state index in [1.807, 2.05) is 0 Å². The van der Waals surface area contributed by atoms with E-state index in [0.29, 0.717) is 0 Å². The van der Waals surface area contributed by atoms with E-state index in [1.54, 1.807) is 4.90 Å². The molecule has 0 N–H and O–H groups in total. The first-order valence-electron chi connectivity index (χ1n) is 14.9. The van der Waals surface area contributed by atoms with Crippen molar-refractivity contribution < 1.29 is 57.4 Å². The van der Waals surface area contributed by atoms with Gasteiger partial charge in [0.1, 0.15) is 6.73 Å². The van der Waals surface area contributed by atoms with Crippen molar-refractivity contribution in [3.8, 4) is 0 Å². The number of hydrogen-bond donors (Lipinski definition) is 0. The molecule has 0 aromatic rings. The monoisotopic (exact) mass is 700 g/mol. The molecular formula is C29H48N8O12. The van der Waals surface area contributed by atoms with Crippen molar-refractivity contribution in [1.82, 2.24) is 39.2 Å². The molecule has 2 aliphatic heterocycles. The predicted octanol–water partition coefficient (Wildman–Crippen LogP) is -1.48. The maximum absolute atomic E-state index is 11.7. The number of carbonyl (C=O) groups is 10. The highest BCUT2D eigenvalue weighted by Crippen LogP contribution is 2.10. The first-order valence-corrected chi connectivity index (χ1v) is 14.9. The average Bonchev–Trinajstić information content (AvgIpc) is 2.91. The third kappa shape index (κ3) is 17.5. The van der Waals surface area contributed by atoms with Crippen LogP contribution in [0.1, 0.15) is 69.2 Å². The normalized spacial score (nSPS) is 15.4. The summed E-state index contributed by atoms with van der Waals surface area (Å²) < 4.78 is 8.91. The van der Waals surface area contributed by atoms with Crippen molar-refractivity contribution in [1.29, 1.82) is 0 Å². The van der Waals surface area contributed by atoms with E-state index in [4.69, 9.17) is 4.74 Å². The second-order valence-corrected chi connectivity index (χ2v) is 11.1. The van der Waals surface area contributed by atoms with Crippen LogP contribution in [0.4, 0.5) is 0 Å². The van der Waals surface area contributed by atoms with Crippen LogP contribution in [0.2, 0.25) is 0 Å². The van der Waals surface area contributed by atoms with Crippen LogP contribution >= 0.6 is 0 Å². The zero-order valence-electron chi connectivity index (χ0n) is 29.8. The molecule has 0 radical (unpaired) electrons. The van der Waals surface area contributed by atoms with E-state index in [0.717, 1.165) is 0 Å². The zero-order chi connectivity index (χ0) is 38.2. The molecule has 0 atom stereocenters. The molecule has 7 amide bonds. The van der Waals surface area contributed by atoms with Crippen molar-refractivity contribution in [3.05, 3.63) is 0 Å². The molecular weight excluding hydrogens is 652 g/mol. The van der Waals surface area contributed by atoms with Crippen molar-refractivity contribution in [2.24, 2.45) is 0 Å². The van der Waals surface area contributed by atoms with Crippen LogP contribution in [0.3, 0.4) is 0 Å². The summed E-state index contributed by atoms with van der Waals surface area (Å²) in [6, 6.07) is 0. The van der Waals surface area contributed by atoms with Crippen LogP contribution in [0, 0.1) is 0 Å². The van der Waals surface area contributed by atoms with E-state index < -0.39 is 17.9 Å². The van der Waals surface area contributed by atoms with Crippen LogP contribution in [0.25, 0.3) is 0 Å². The molecule has 20 heteroatoms. The van der Waals surface area contributed by atoms with Gasteiger partial charge in [0.2, 0.25) is 41.4 Å². The summed E-state index contributed by atoms with van der Waals surface area (Å²) in [5.41, 5.74) is 0. The second kappa shape index (κ2) is 21.0. The lowest BCUT2D eigenvalue weighted by atomic mass is 10.4. The third-order valence-electron chi connectivity index (χ3n) is 6.65. The highest BCUT2D eigenvalue weighted by molar-refractivity contribution is 5.82. The minimum atomic E-state index is -0.562. The maximum atomic E-state index is 11.7. The quantitative estimate of drug-likeness (QED) is 0.238. The van der Waals surface area contributed by atoms with Gasteiger partial charge in [0.25, 0.3) is 0 Å². The third-order valence-corrected chi connectivity index (χ3v) is 6.65. The van der Waals surface area contributed by atoms with E-state index in [9.17, 15) is 47.9 Å². The number of carbonyl (C=O) groups excluding carboxylic acids is 10. The molecule has 2 rings (SSSR count). The molecule has 276 valence electrons. The van der Waals surface area contributed by atoms with Gasteiger partial charge >= 0.3 is 17.9 Å². The summed E-state index contributed by atoms with van der Waals surface area (Å²) >= 11 is 0. The molecule has 0 aromatic carbocycles. The minimum absolute atomic E-state index is 0.0387. The Kier molecular flexibility index (Phi) is 18.8. The van der Waals surface area contributed by atoms with Crippen molar-refractivity contribution in [2.45, 2.75) is 69.2 Å². The molecule has 0 bridgehead atoms. The van der Waals surface area contributed by atoms with Gasteiger partial charge in [-0.1, -0.05) is 0 Å². The lowest BCUT2D eigenvalue weighted by molar-refractivity contribution is -0.160. The maximum Gasteiger partial charge on any atom is 0.310 e. The van der Waals surface area contributed by atoms with E-state index in [-0.39, 0.29) is 101 Å². The summed E-state index contributed by atoms with van der Waals surface area (Å²) in [7, 11) is 0. The lowest BCUT2D eigenvalue weighted by Gasteiger charge is -2.41. The molecule has 0 spiro atoms. The Hall–Kier alpha value is -5.14. The fraction of sp³-hybridized carbons (Fsp3) is 0.655. The van der Waals surface area contributed by atoms with Gasteiger partial charge < -0.3 is 43.8 Å². The molecule has 2 heterocycles. The molecule has 0 saturated carbocycles. The van der Waals surface area contributed by atoms with Crippen LogP contribution in [-0.4, -0.2) is 159 Å². The van der Waals surface area contributed by atoms with E-state index >= 15 is 0 Å². The number of hydrogen-bond acceptors (Lipinski definition) is 13. The fourth-order valence-corrected chi connectivity index (χ4v) is 3.94. The summed E-state index contributed by atoms with van der Waals surface area (Å²) in [6.07, 6.45) is 0. The van der Waals surface area contributed by atoms with E-state index in [2.05, 4.69) is 4.74 Å². The fourth-order valence-electron chi connectivity index (χ4n) is 3.94. The largest absolute Gasteiger partial charge is 0.450 e. The molecule has 2 aliphatic rings. The topological polar surface area (TPSA) is 215 Å². The first-order chi connectivity index (χ1) is 22.5. The van der Waals surface area contributed by atoms with Gasteiger partial charge in [0, 0.05) is 69.2 Å². The molecule has 49 heavy (non-hydrogen) atoms. The van der Waals surface area contributed by atoms with Crippen LogP contribution < -0.4 is 0 Å². The Bertz CT molecular complexity index is 1150.